The summed E-state index contributed by atoms with van der Waals surface area (Å²) in [6.45, 7) is 0.889. The zero-order valence-corrected chi connectivity index (χ0v) is 10.6. The van der Waals surface area contributed by atoms with Crippen LogP contribution in [0.3, 0.4) is 0 Å². The van der Waals surface area contributed by atoms with Gasteiger partial charge in [0.15, 0.2) is 5.76 Å². The number of hydrogen-bond donors (Lipinski definition) is 1. The van der Waals surface area contributed by atoms with Crippen LogP contribution in [0.2, 0.25) is 0 Å². The van der Waals surface area contributed by atoms with Crippen molar-refractivity contribution in [3.05, 3.63) is 28.0 Å². The number of carbonyl (C=O) groups excluding carboxylic acids is 1. The van der Waals surface area contributed by atoms with Gasteiger partial charge >= 0.3 is 11.9 Å². The smallest absolute Gasteiger partial charge is 0.400 e. The molecule has 0 aromatic carbocycles. The zero-order valence-electron chi connectivity index (χ0n) is 10.6. The SMILES string of the molecule is CN(C)CCN(/N=C/c1ccc([N+](=O)[O-])o1)C(N)=O. The summed E-state index contributed by atoms with van der Waals surface area (Å²) in [6.07, 6.45) is 1.20. The maximum Gasteiger partial charge on any atom is 0.433 e. The molecule has 19 heavy (non-hydrogen) atoms. The van der Waals surface area contributed by atoms with Crippen LogP contribution in [0.15, 0.2) is 21.7 Å². The first kappa shape index (κ1) is 14.6. The Morgan fingerprint density at radius 3 is 2.68 bits per heavy atom. The van der Waals surface area contributed by atoms with Crippen molar-refractivity contribution < 1.29 is 14.1 Å². The molecule has 2 N–H and O–H groups in total. The van der Waals surface area contributed by atoms with Gasteiger partial charge in [-0.05, 0) is 20.2 Å². The van der Waals surface area contributed by atoms with E-state index in [1.165, 1.54) is 18.3 Å². The van der Waals surface area contributed by atoms with Crippen LogP contribution >= 0.6 is 0 Å². The van der Waals surface area contributed by atoms with Crippen molar-refractivity contribution in [1.29, 1.82) is 0 Å². The van der Waals surface area contributed by atoms with Crippen LogP contribution in [-0.4, -0.2) is 54.3 Å². The summed E-state index contributed by atoms with van der Waals surface area (Å²) < 4.78 is 4.86. The van der Waals surface area contributed by atoms with Gasteiger partial charge in [-0.3, -0.25) is 10.1 Å². The standard InChI is InChI=1S/C10H15N5O4/c1-13(2)5-6-14(10(11)16)12-7-8-3-4-9(19-8)15(17)18/h3-4,7H,5-6H2,1-2H3,(H2,11,16)/b12-7+. The number of hydrazone groups is 1. The van der Waals surface area contributed by atoms with Crippen LogP contribution in [0.4, 0.5) is 10.7 Å². The molecule has 0 spiro atoms. The first-order valence-corrected chi connectivity index (χ1v) is 5.40. The number of nitro groups is 1. The van der Waals surface area contributed by atoms with Gasteiger partial charge in [0.1, 0.15) is 4.92 Å². The molecule has 0 fully saturated rings. The van der Waals surface area contributed by atoms with Gasteiger partial charge < -0.3 is 15.1 Å². The first-order valence-electron chi connectivity index (χ1n) is 5.40. The minimum Gasteiger partial charge on any atom is -0.400 e. The van der Waals surface area contributed by atoms with Crippen molar-refractivity contribution in [1.82, 2.24) is 9.91 Å². The van der Waals surface area contributed by atoms with Crippen molar-refractivity contribution in [2.24, 2.45) is 10.8 Å². The van der Waals surface area contributed by atoms with Crippen molar-refractivity contribution >= 4 is 18.1 Å². The van der Waals surface area contributed by atoms with Crippen LogP contribution in [0.25, 0.3) is 0 Å². The molecule has 0 bridgehead atoms. The molecule has 0 unspecified atom stereocenters. The van der Waals surface area contributed by atoms with Crippen LogP contribution < -0.4 is 5.73 Å². The van der Waals surface area contributed by atoms with E-state index in [0.29, 0.717) is 13.1 Å². The molecule has 9 nitrogen and oxygen atoms in total. The molecule has 0 saturated heterocycles. The molecule has 104 valence electrons. The van der Waals surface area contributed by atoms with Crippen molar-refractivity contribution in [2.45, 2.75) is 0 Å². The van der Waals surface area contributed by atoms with E-state index < -0.39 is 11.0 Å². The first-order chi connectivity index (χ1) is 8.90. The average Bonchev–Trinajstić information content (AvgIpc) is 2.76. The second-order valence-corrected chi connectivity index (χ2v) is 3.94. The van der Waals surface area contributed by atoms with E-state index in [0.717, 1.165) is 5.01 Å². The molecule has 9 heteroatoms. The van der Waals surface area contributed by atoms with Crippen LogP contribution in [0.1, 0.15) is 5.76 Å². The molecule has 0 aliphatic carbocycles. The van der Waals surface area contributed by atoms with Gasteiger partial charge in [-0.2, -0.15) is 5.10 Å². The second-order valence-electron chi connectivity index (χ2n) is 3.94. The fourth-order valence-corrected chi connectivity index (χ4v) is 1.16. The van der Waals surface area contributed by atoms with E-state index in [4.69, 9.17) is 10.2 Å². The molecule has 0 aliphatic rings. The van der Waals surface area contributed by atoms with Gasteiger partial charge in [-0.25, -0.2) is 9.80 Å². The summed E-state index contributed by atoms with van der Waals surface area (Å²) in [5.41, 5.74) is 5.16. The number of nitrogens with two attached hydrogens (primary N) is 1. The summed E-state index contributed by atoms with van der Waals surface area (Å²) >= 11 is 0. The molecule has 0 atom stereocenters. The highest BCUT2D eigenvalue weighted by molar-refractivity contribution is 5.79. The van der Waals surface area contributed by atoms with Gasteiger partial charge in [-0.15, -0.1) is 0 Å². The minimum absolute atomic E-state index is 0.169. The van der Waals surface area contributed by atoms with Gasteiger partial charge in [0.2, 0.25) is 0 Å². The fraction of sp³-hybridized carbons (Fsp3) is 0.400. The molecule has 0 saturated carbocycles. The Labute approximate surface area is 109 Å². The Hall–Kier alpha value is -2.42. The molecule has 1 rings (SSSR count). The van der Waals surface area contributed by atoms with Gasteiger partial charge in [0.25, 0.3) is 0 Å². The predicted molar refractivity (Wildman–Crippen MR) is 67.8 cm³/mol. The third-order valence-corrected chi connectivity index (χ3v) is 2.13. The van der Waals surface area contributed by atoms with Crippen molar-refractivity contribution in [2.75, 3.05) is 27.2 Å². The lowest BCUT2D eigenvalue weighted by molar-refractivity contribution is -0.402. The van der Waals surface area contributed by atoms with Crippen LogP contribution in [-0.2, 0) is 0 Å². The molecule has 0 aliphatic heterocycles. The number of carbonyl (C=O) groups is 1. The number of nitrogens with zero attached hydrogens (tertiary/aromatic N) is 4. The topological polar surface area (TPSA) is 118 Å². The summed E-state index contributed by atoms with van der Waals surface area (Å²) in [5.74, 6) is -0.219. The van der Waals surface area contributed by atoms with E-state index in [2.05, 4.69) is 5.10 Å². The molecule has 1 heterocycles. The predicted octanol–water partition coefficient (Wildman–Crippen LogP) is 0.464. The Kier molecular flexibility index (Phi) is 5.01. The second kappa shape index (κ2) is 6.50. The number of rotatable bonds is 6. The molecule has 1 aromatic heterocycles. The summed E-state index contributed by atoms with van der Waals surface area (Å²) in [4.78, 5) is 22.7. The number of urea groups is 1. The number of furan rings is 1. The van der Waals surface area contributed by atoms with Crippen LogP contribution in [0.5, 0.6) is 0 Å². The zero-order chi connectivity index (χ0) is 14.4. The Morgan fingerprint density at radius 2 is 2.21 bits per heavy atom. The minimum atomic E-state index is -0.709. The Balaban J connectivity index is 2.69. The highest BCUT2D eigenvalue weighted by Gasteiger charge is 2.12. The van der Waals surface area contributed by atoms with Gasteiger partial charge in [0.05, 0.1) is 18.8 Å². The monoisotopic (exact) mass is 269 g/mol. The number of amides is 2. The van der Waals surface area contributed by atoms with E-state index >= 15 is 0 Å². The fourth-order valence-electron chi connectivity index (χ4n) is 1.16. The number of likely N-dealkylation sites (N-methyl/N-ethyl adjacent to an activating group) is 1. The van der Waals surface area contributed by atoms with Crippen molar-refractivity contribution in [3.63, 3.8) is 0 Å². The van der Waals surface area contributed by atoms with Gasteiger partial charge in [-0.1, -0.05) is 0 Å². The lowest BCUT2D eigenvalue weighted by Crippen LogP contribution is -2.36. The van der Waals surface area contributed by atoms with Crippen molar-refractivity contribution in [3.8, 4) is 0 Å². The Bertz CT molecular complexity index is 482. The number of hydrogen-bond acceptors (Lipinski definition) is 6. The Morgan fingerprint density at radius 1 is 1.53 bits per heavy atom. The lowest BCUT2D eigenvalue weighted by Gasteiger charge is -2.16. The molecule has 2 amide bonds. The maximum absolute atomic E-state index is 11.1. The van der Waals surface area contributed by atoms with Gasteiger partial charge in [0, 0.05) is 6.54 Å². The van der Waals surface area contributed by atoms with E-state index in [1.807, 2.05) is 19.0 Å². The number of primary amides is 1. The third-order valence-electron chi connectivity index (χ3n) is 2.13. The lowest BCUT2D eigenvalue weighted by atomic mass is 10.5. The highest BCUT2D eigenvalue weighted by Crippen LogP contribution is 2.13. The molecular weight excluding hydrogens is 254 g/mol. The normalized spacial score (nSPS) is 11.1. The molecule has 0 radical (unpaired) electrons. The van der Waals surface area contributed by atoms with E-state index in [1.54, 1.807) is 0 Å². The summed E-state index contributed by atoms with van der Waals surface area (Å²) in [5, 5.41) is 15.3. The van der Waals surface area contributed by atoms with E-state index in [-0.39, 0.29) is 11.6 Å². The average molecular weight is 269 g/mol. The third kappa shape index (κ3) is 4.76. The molecular formula is C10H15N5O4. The molecule has 1 aromatic rings. The quantitative estimate of drug-likeness (QED) is 0.457. The maximum atomic E-state index is 11.1. The largest absolute Gasteiger partial charge is 0.433 e. The summed E-state index contributed by atoms with van der Waals surface area (Å²) in [7, 11) is 3.69. The highest BCUT2D eigenvalue weighted by atomic mass is 16.6. The van der Waals surface area contributed by atoms with E-state index in [9.17, 15) is 14.9 Å². The van der Waals surface area contributed by atoms with Crippen LogP contribution in [0, 0.1) is 10.1 Å². The summed E-state index contributed by atoms with van der Waals surface area (Å²) in [6, 6.07) is 1.88.